The maximum Gasteiger partial charge on any atom is 0.217 e. The Kier molecular flexibility index (Phi) is 13.2. The summed E-state index contributed by atoms with van der Waals surface area (Å²) in [7, 11) is 0. The summed E-state index contributed by atoms with van der Waals surface area (Å²) in [4.78, 5) is 11.2. The zero-order valence-electron chi connectivity index (χ0n) is 16.9. The molecule has 0 bridgehead atoms. The number of thioether (sulfide) groups is 1. The molecule has 0 aromatic heterocycles. The van der Waals surface area contributed by atoms with Crippen LogP contribution in [0.3, 0.4) is 0 Å². The summed E-state index contributed by atoms with van der Waals surface area (Å²) < 4.78 is 0. The second-order valence-electron chi connectivity index (χ2n) is 6.99. The number of nitrogens with two attached hydrogens (primary N) is 1. The van der Waals surface area contributed by atoms with Gasteiger partial charge in [0.1, 0.15) is 6.04 Å². The molecule has 0 aromatic rings. The van der Waals surface area contributed by atoms with E-state index in [9.17, 15) is 4.79 Å². The van der Waals surface area contributed by atoms with E-state index >= 15 is 0 Å². The fourth-order valence-electron chi connectivity index (χ4n) is 2.26. The fourth-order valence-corrected chi connectivity index (χ4v) is 3.38. The Hall–Kier alpha value is -1.29. The van der Waals surface area contributed by atoms with E-state index in [1.165, 1.54) is 23.6 Å². The van der Waals surface area contributed by atoms with Crippen molar-refractivity contribution < 1.29 is 10.2 Å². The van der Waals surface area contributed by atoms with Gasteiger partial charge in [0.15, 0.2) is 5.71 Å². The van der Waals surface area contributed by atoms with Crippen molar-refractivity contribution in [3.63, 3.8) is 0 Å². The summed E-state index contributed by atoms with van der Waals surface area (Å²) in [6.45, 7) is 12.1. The van der Waals surface area contributed by atoms with E-state index in [2.05, 4.69) is 51.2 Å². The number of carbonyl (C=O) groups excluding carboxylic acids is 1. The number of nitrogens with one attached hydrogen (secondary N) is 1. The molecule has 25 heavy (non-hydrogen) atoms. The number of carbonyl (C=O) groups is 1. The van der Waals surface area contributed by atoms with Crippen LogP contribution in [0.15, 0.2) is 34.9 Å². The van der Waals surface area contributed by atoms with Gasteiger partial charge < -0.3 is 5.32 Å². The number of hydrogen-bond acceptors (Lipinski definition) is 2. The first-order chi connectivity index (χ1) is 11.7. The first-order valence-corrected chi connectivity index (χ1v) is 10.3. The van der Waals surface area contributed by atoms with Gasteiger partial charge in [-0.15, -0.1) is 0 Å². The van der Waals surface area contributed by atoms with Gasteiger partial charge in [-0.2, -0.15) is 11.8 Å². The van der Waals surface area contributed by atoms with E-state index in [1.807, 2.05) is 6.92 Å². The molecule has 4 heteroatoms. The topological polar surface area (TPSA) is 54.7 Å². The Bertz CT molecular complexity index is 514. The Labute approximate surface area is 158 Å². The van der Waals surface area contributed by atoms with Crippen LogP contribution >= 0.6 is 11.8 Å². The highest BCUT2D eigenvalue weighted by atomic mass is 32.2. The summed E-state index contributed by atoms with van der Waals surface area (Å²) >= 11 is 1.80. The van der Waals surface area contributed by atoms with Crippen molar-refractivity contribution >= 4 is 23.4 Å². The minimum atomic E-state index is -0.0393. The molecule has 0 unspecified atom stereocenters. The van der Waals surface area contributed by atoms with Gasteiger partial charge in [0, 0.05) is 25.4 Å². The van der Waals surface area contributed by atoms with Gasteiger partial charge in [0.2, 0.25) is 5.91 Å². The van der Waals surface area contributed by atoms with Crippen molar-refractivity contribution in [1.29, 1.82) is 0 Å². The molecule has 0 heterocycles. The molecule has 0 rings (SSSR count). The van der Waals surface area contributed by atoms with Crippen LogP contribution in [-0.4, -0.2) is 29.2 Å². The average Bonchev–Trinajstić information content (AvgIpc) is 2.49. The van der Waals surface area contributed by atoms with Crippen molar-refractivity contribution in [3.05, 3.63) is 34.9 Å². The third-order valence-electron chi connectivity index (χ3n) is 3.88. The summed E-state index contributed by atoms with van der Waals surface area (Å²) in [6.07, 6.45) is 11.5. The molecule has 0 spiro atoms. The van der Waals surface area contributed by atoms with E-state index in [0.717, 1.165) is 42.9 Å². The lowest BCUT2D eigenvalue weighted by Gasteiger charge is -2.12. The Morgan fingerprint density at radius 2 is 1.52 bits per heavy atom. The molecule has 0 aliphatic heterocycles. The van der Waals surface area contributed by atoms with E-state index in [1.54, 1.807) is 11.8 Å². The highest BCUT2D eigenvalue weighted by Crippen LogP contribution is 2.13. The number of allylic oxidation sites excluding steroid dienone is 5. The van der Waals surface area contributed by atoms with Gasteiger partial charge in [0.25, 0.3) is 0 Å². The number of amides is 1. The zero-order chi connectivity index (χ0) is 19.2. The Morgan fingerprint density at radius 3 is 2.04 bits per heavy atom. The smallest absolute Gasteiger partial charge is 0.217 e. The van der Waals surface area contributed by atoms with Crippen molar-refractivity contribution in [2.45, 2.75) is 73.3 Å². The molecule has 0 aromatic carbocycles. The molecule has 0 radical (unpaired) electrons. The van der Waals surface area contributed by atoms with Crippen molar-refractivity contribution in [2.75, 3.05) is 11.5 Å². The molecule has 1 atom stereocenters. The van der Waals surface area contributed by atoms with E-state index in [4.69, 9.17) is 5.41 Å². The highest BCUT2D eigenvalue weighted by molar-refractivity contribution is 7.99. The second-order valence-corrected chi connectivity index (χ2v) is 8.07. The minimum absolute atomic E-state index is 0.0335. The first-order valence-electron chi connectivity index (χ1n) is 9.10. The molecule has 142 valence electrons. The first kappa shape index (κ1) is 23.7. The van der Waals surface area contributed by atoms with E-state index < -0.39 is 0 Å². The number of hydrogen-bond donors (Lipinski definition) is 2. The molecule has 0 saturated carbocycles. The van der Waals surface area contributed by atoms with Crippen LogP contribution in [0.2, 0.25) is 0 Å². The third-order valence-corrected chi connectivity index (χ3v) is 4.86. The third kappa shape index (κ3) is 14.7. The molecular formula is C21H37N2OS+. The lowest BCUT2D eigenvalue weighted by molar-refractivity contribution is -0.125. The van der Waals surface area contributed by atoms with Crippen LogP contribution in [0.5, 0.6) is 0 Å². The summed E-state index contributed by atoms with van der Waals surface area (Å²) in [5, 5.41) is 8.72. The molecule has 0 aliphatic carbocycles. The SMILES string of the molecule is CC(=[NH2+])[C@@H](CSC/C=C(\C)CC/C=C(\C)CCC=C(C)C)NC(C)=O. The predicted octanol–water partition coefficient (Wildman–Crippen LogP) is 3.86. The zero-order valence-corrected chi connectivity index (χ0v) is 17.8. The van der Waals surface area contributed by atoms with Crippen molar-refractivity contribution in [3.8, 4) is 0 Å². The standard InChI is InChI=1S/C21H36N2OS/c1-16(2)9-7-10-17(3)11-8-12-18(4)13-14-25-15-21(19(5)22)23-20(6)24/h9,11,13,21-22H,7-8,10,12,14-15H2,1-6H3,(H,23,24)/p+1/b17-11+,18-13+,22-19?/t21-/m1/s1. The molecule has 0 aliphatic rings. The van der Waals surface area contributed by atoms with Crippen LogP contribution in [0.4, 0.5) is 0 Å². The quantitative estimate of drug-likeness (QED) is 0.313. The van der Waals surface area contributed by atoms with Gasteiger partial charge in [-0.25, -0.2) is 0 Å². The summed E-state index contributed by atoms with van der Waals surface area (Å²) in [5.74, 6) is 1.74. The highest BCUT2D eigenvalue weighted by Gasteiger charge is 2.15. The molecule has 0 fully saturated rings. The maximum absolute atomic E-state index is 11.2. The Morgan fingerprint density at radius 1 is 0.960 bits per heavy atom. The van der Waals surface area contributed by atoms with Crippen molar-refractivity contribution in [2.24, 2.45) is 0 Å². The fraction of sp³-hybridized carbons (Fsp3) is 0.619. The Balaban J connectivity index is 4.07. The van der Waals surface area contributed by atoms with Gasteiger partial charge in [-0.05, 0) is 53.4 Å². The van der Waals surface area contributed by atoms with Crippen LogP contribution < -0.4 is 10.7 Å². The van der Waals surface area contributed by atoms with Crippen molar-refractivity contribution in [1.82, 2.24) is 5.32 Å². The summed E-state index contributed by atoms with van der Waals surface area (Å²) in [5.41, 5.74) is 5.06. The van der Waals surface area contributed by atoms with Gasteiger partial charge in [-0.1, -0.05) is 34.9 Å². The maximum atomic E-state index is 11.2. The average molecular weight is 366 g/mol. The lowest BCUT2D eigenvalue weighted by Crippen LogP contribution is -2.53. The van der Waals surface area contributed by atoms with E-state index in [-0.39, 0.29) is 11.9 Å². The molecule has 3 nitrogen and oxygen atoms in total. The largest absolute Gasteiger partial charge is 0.343 e. The van der Waals surface area contributed by atoms with Crippen LogP contribution in [0.1, 0.15) is 67.2 Å². The van der Waals surface area contributed by atoms with Crippen LogP contribution in [0.25, 0.3) is 0 Å². The lowest BCUT2D eigenvalue weighted by atomic mass is 10.1. The molecule has 1 amide bonds. The second kappa shape index (κ2) is 13.9. The van der Waals surface area contributed by atoms with Gasteiger partial charge in [-0.3, -0.25) is 10.2 Å². The van der Waals surface area contributed by atoms with Crippen LogP contribution in [-0.2, 0) is 4.79 Å². The van der Waals surface area contributed by atoms with Gasteiger partial charge >= 0.3 is 0 Å². The van der Waals surface area contributed by atoms with Gasteiger partial charge in [0.05, 0.1) is 0 Å². The van der Waals surface area contributed by atoms with E-state index in [0.29, 0.717) is 0 Å². The normalized spacial score (nSPS) is 13.4. The number of rotatable bonds is 12. The monoisotopic (exact) mass is 365 g/mol. The molecule has 0 saturated heterocycles. The molecular weight excluding hydrogens is 328 g/mol. The summed E-state index contributed by atoms with van der Waals surface area (Å²) in [6, 6.07) is -0.0393. The predicted molar refractivity (Wildman–Crippen MR) is 113 cm³/mol. The van der Waals surface area contributed by atoms with Crippen LogP contribution in [0, 0.1) is 0 Å². The minimum Gasteiger partial charge on any atom is -0.343 e. The molecule has 3 N–H and O–H groups in total.